The van der Waals surface area contributed by atoms with E-state index in [1.165, 1.54) is 0 Å². The molecule has 0 amide bonds. The van der Waals surface area contributed by atoms with E-state index in [4.69, 9.17) is 14.6 Å². The largest absolute Gasteiger partial charge is 0.478 e. The minimum atomic E-state index is -1.03. The van der Waals surface area contributed by atoms with Gasteiger partial charge in [0, 0.05) is 0 Å². The normalized spacial score (nSPS) is 13.1. The summed E-state index contributed by atoms with van der Waals surface area (Å²) in [6, 6.07) is 0. The van der Waals surface area contributed by atoms with E-state index in [2.05, 4.69) is 6.92 Å². The second-order valence-corrected chi connectivity index (χ2v) is 2.57. The summed E-state index contributed by atoms with van der Waals surface area (Å²) < 4.78 is 10.1. The van der Waals surface area contributed by atoms with Gasteiger partial charge in [-0.1, -0.05) is 13.3 Å². The SMILES string of the molecule is CCCCOC(C)OC=CC(=O)O. The third-order valence-electron chi connectivity index (χ3n) is 1.33. The van der Waals surface area contributed by atoms with Gasteiger partial charge in [-0.05, 0) is 13.3 Å². The van der Waals surface area contributed by atoms with Gasteiger partial charge in [-0.15, -0.1) is 0 Å². The Morgan fingerprint density at radius 3 is 2.85 bits per heavy atom. The molecule has 0 saturated carbocycles. The topological polar surface area (TPSA) is 55.8 Å². The number of hydrogen-bond donors (Lipinski definition) is 1. The monoisotopic (exact) mass is 188 g/mol. The number of aliphatic carboxylic acids is 1. The van der Waals surface area contributed by atoms with Gasteiger partial charge in [-0.25, -0.2) is 4.79 Å². The van der Waals surface area contributed by atoms with Crippen molar-refractivity contribution in [2.24, 2.45) is 0 Å². The van der Waals surface area contributed by atoms with Crippen molar-refractivity contribution in [1.29, 1.82) is 0 Å². The van der Waals surface area contributed by atoms with Gasteiger partial charge in [-0.3, -0.25) is 0 Å². The average Bonchev–Trinajstić information content (AvgIpc) is 2.04. The predicted molar refractivity (Wildman–Crippen MR) is 48.2 cm³/mol. The van der Waals surface area contributed by atoms with Crippen LogP contribution in [0.3, 0.4) is 0 Å². The van der Waals surface area contributed by atoms with Crippen molar-refractivity contribution in [3.05, 3.63) is 12.3 Å². The van der Waals surface area contributed by atoms with Crippen LogP contribution in [0.5, 0.6) is 0 Å². The van der Waals surface area contributed by atoms with E-state index in [-0.39, 0.29) is 6.29 Å². The highest BCUT2D eigenvalue weighted by molar-refractivity contribution is 5.79. The third-order valence-corrected chi connectivity index (χ3v) is 1.33. The van der Waals surface area contributed by atoms with Gasteiger partial charge in [0.2, 0.25) is 0 Å². The lowest BCUT2D eigenvalue weighted by Gasteiger charge is -2.11. The van der Waals surface area contributed by atoms with E-state index in [1.807, 2.05) is 0 Å². The predicted octanol–water partition coefficient (Wildman–Crippen LogP) is 1.76. The highest BCUT2D eigenvalue weighted by Gasteiger charge is 1.98. The summed E-state index contributed by atoms with van der Waals surface area (Å²) >= 11 is 0. The van der Waals surface area contributed by atoms with Crippen LogP contribution in [0.15, 0.2) is 12.3 Å². The molecule has 4 nitrogen and oxygen atoms in total. The zero-order valence-electron chi connectivity index (χ0n) is 8.03. The third kappa shape index (κ3) is 8.88. The van der Waals surface area contributed by atoms with Crippen molar-refractivity contribution in [2.75, 3.05) is 6.61 Å². The van der Waals surface area contributed by atoms with Crippen LogP contribution in [0.4, 0.5) is 0 Å². The fourth-order valence-electron chi connectivity index (χ4n) is 0.641. The second-order valence-electron chi connectivity index (χ2n) is 2.57. The first-order valence-electron chi connectivity index (χ1n) is 4.33. The molecule has 0 aromatic heterocycles. The van der Waals surface area contributed by atoms with Crippen molar-refractivity contribution in [3.8, 4) is 0 Å². The minimum Gasteiger partial charge on any atom is -0.478 e. The Balaban J connectivity index is 3.39. The fourth-order valence-corrected chi connectivity index (χ4v) is 0.641. The number of unbranched alkanes of at least 4 members (excludes halogenated alkanes) is 1. The Morgan fingerprint density at radius 2 is 2.31 bits per heavy atom. The van der Waals surface area contributed by atoms with Crippen molar-refractivity contribution in [3.63, 3.8) is 0 Å². The summed E-state index contributed by atoms with van der Waals surface area (Å²) in [6.45, 7) is 4.43. The quantitative estimate of drug-likeness (QED) is 0.286. The lowest BCUT2D eigenvalue weighted by atomic mass is 10.4. The molecule has 0 bridgehead atoms. The van der Waals surface area contributed by atoms with Crippen LogP contribution in [0.25, 0.3) is 0 Å². The van der Waals surface area contributed by atoms with Crippen molar-refractivity contribution in [1.82, 2.24) is 0 Å². The first-order chi connectivity index (χ1) is 6.16. The molecule has 1 N–H and O–H groups in total. The number of ether oxygens (including phenoxy) is 2. The molecule has 0 saturated heterocycles. The van der Waals surface area contributed by atoms with Crippen LogP contribution in [0.1, 0.15) is 26.7 Å². The molecule has 0 aromatic rings. The molecular weight excluding hydrogens is 172 g/mol. The van der Waals surface area contributed by atoms with Crippen LogP contribution in [-0.2, 0) is 14.3 Å². The molecule has 76 valence electrons. The van der Waals surface area contributed by atoms with E-state index in [1.54, 1.807) is 6.92 Å². The second kappa shape index (κ2) is 7.61. The molecule has 0 aliphatic carbocycles. The van der Waals surface area contributed by atoms with Crippen LogP contribution in [0.2, 0.25) is 0 Å². The molecule has 0 fully saturated rings. The molecule has 0 radical (unpaired) electrons. The molecule has 0 heterocycles. The van der Waals surface area contributed by atoms with Gasteiger partial charge in [0.1, 0.15) is 0 Å². The summed E-state index contributed by atoms with van der Waals surface area (Å²) in [5, 5.41) is 8.23. The molecule has 1 unspecified atom stereocenters. The van der Waals surface area contributed by atoms with Gasteiger partial charge in [0.25, 0.3) is 0 Å². The summed E-state index contributed by atoms with van der Waals surface area (Å²) in [5.74, 6) is -1.03. The lowest BCUT2D eigenvalue weighted by Crippen LogP contribution is -2.10. The molecular formula is C9H16O4. The van der Waals surface area contributed by atoms with E-state index >= 15 is 0 Å². The number of rotatable bonds is 7. The minimum absolute atomic E-state index is 0.387. The zero-order chi connectivity index (χ0) is 10.1. The van der Waals surface area contributed by atoms with Crippen molar-refractivity contribution in [2.45, 2.75) is 33.0 Å². The zero-order valence-corrected chi connectivity index (χ0v) is 8.03. The molecule has 0 aliphatic rings. The lowest BCUT2D eigenvalue weighted by molar-refractivity contribution is -0.132. The first-order valence-corrected chi connectivity index (χ1v) is 4.33. The van der Waals surface area contributed by atoms with Crippen molar-refractivity contribution < 1.29 is 19.4 Å². The number of carbonyl (C=O) groups is 1. The van der Waals surface area contributed by atoms with Crippen molar-refractivity contribution >= 4 is 5.97 Å². The average molecular weight is 188 g/mol. The van der Waals surface area contributed by atoms with Crippen LogP contribution >= 0.6 is 0 Å². The molecule has 13 heavy (non-hydrogen) atoms. The Kier molecular flexibility index (Phi) is 7.01. The molecule has 0 rings (SSSR count). The number of hydrogen-bond acceptors (Lipinski definition) is 3. The highest BCUT2D eigenvalue weighted by Crippen LogP contribution is 1.97. The van der Waals surface area contributed by atoms with Gasteiger partial charge in [-0.2, -0.15) is 0 Å². The highest BCUT2D eigenvalue weighted by atomic mass is 16.7. The van der Waals surface area contributed by atoms with E-state index in [9.17, 15) is 4.79 Å². The Labute approximate surface area is 78.2 Å². The van der Waals surface area contributed by atoms with Gasteiger partial charge in [0.15, 0.2) is 6.29 Å². The first kappa shape index (κ1) is 12.0. The molecule has 0 aromatic carbocycles. The Hall–Kier alpha value is -1.03. The van der Waals surface area contributed by atoms with Crippen LogP contribution in [0, 0.1) is 0 Å². The maximum Gasteiger partial charge on any atom is 0.331 e. The summed E-state index contributed by atoms with van der Waals surface area (Å²) in [6.07, 6.45) is 3.72. The maximum absolute atomic E-state index is 10.0. The molecule has 4 heteroatoms. The summed E-state index contributed by atoms with van der Waals surface area (Å²) in [4.78, 5) is 10.0. The van der Waals surface area contributed by atoms with Crippen LogP contribution in [-0.4, -0.2) is 24.0 Å². The molecule has 0 spiro atoms. The maximum atomic E-state index is 10.0. The van der Waals surface area contributed by atoms with Gasteiger partial charge in [0.05, 0.1) is 18.9 Å². The number of carboxylic acid groups (broad SMARTS) is 1. The molecule has 0 aliphatic heterocycles. The summed E-state index contributed by atoms with van der Waals surface area (Å²) in [5.41, 5.74) is 0. The van der Waals surface area contributed by atoms with Gasteiger partial charge < -0.3 is 14.6 Å². The van der Waals surface area contributed by atoms with E-state index < -0.39 is 5.97 Å². The smallest absolute Gasteiger partial charge is 0.331 e. The van der Waals surface area contributed by atoms with Gasteiger partial charge >= 0.3 is 5.97 Å². The fraction of sp³-hybridized carbons (Fsp3) is 0.667. The van der Waals surface area contributed by atoms with Crippen LogP contribution < -0.4 is 0 Å². The molecule has 1 atom stereocenters. The number of carboxylic acids is 1. The van der Waals surface area contributed by atoms with E-state index in [0.29, 0.717) is 6.61 Å². The summed E-state index contributed by atoms with van der Waals surface area (Å²) in [7, 11) is 0. The Morgan fingerprint density at radius 1 is 1.62 bits per heavy atom. The van der Waals surface area contributed by atoms with E-state index in [0.717, 1.165) is 25.2 Å². The standard InChI is InChI=1S/C9H16O4/c1-3-4-6-12-8(2)13-7-5-9(10)11/h5,7-8H,3-4,6H2,1-2H3,(H,10,11). The Bertz CT molecular complexity index is 165.